The topological polar surface area (TPSA) is 70.2 Å². The Hall–Kier alpha value is -1.48. The maximum atomic E-state index is 13.0. The summed E-state index contributed by atoms with van der Waals surface area (Å²) in [6.45, 7) is 5.69. The van der Waals surface area contributed by atoms with E-state index in [4.69, 9.17) is 4.74 Å². The third kappa shape index (κ3) is 3.76. The van der Waals surface area contributed by atoms with Gasteiger partial charge in [0, 0.05) is 45.5 Å². The van der Waals surface area contributed by atoms with E-state index in [2.05, 4.69) is 4.90 Å². The van der Waals surface area contributed by atoms with E-state index < -0.39 is 10.0 Å². The smallest absolute Gasteiger partial charge is 0.243 e. The molecule has 0 radical (unpaired) electrons. The Bertz CT molecular complexity index is 812. The Kier molecular flexibility index (Phi) is 5.24. The second kappa shape index (κ2) is 7.50. The fourth-order valence-electron chi connectivity index (χ4n) is 4.24. The van der Waals surface area contributed by atoms with Crippen molar-refractivity contribution in [3.05, 3.63) is 23.8 Å². The number of carbonyl (C=O) groups is 1. The molecule has 3 heterocycles. The summed E-state index contributed by atoms with van der Waals surface area (Å²) in [6, 6.07) is 5.05. The van der Waals surface area contributed by atoms with E-state index in [1.165, 1.54) is 0 Å². The molecule has 7 nitrogen and oxygen atoms in total. The van der Waals surface area contributed by atoms with Crippen LogP contribution in [0.1, 0.15) is 18.4 Å². The lowest BCUT2D eigenvalue weighted by Gasteiger charge is -2.35. The number of rotatable bonds is 4. The number of morpholine rings is 1. The Morgan fingerprint density at radius 1 is 1.11 bits per heavy atom. The molecule has 2 fully saturated rings. The number of nitrogens with zero attached hydrogens (tertiary/aromatic N) is 3. The lowest BCUT2D eigenvalue weighted by molar-refractivity contribution is -0.117. The molecule has 1 aromatic rings. The summed E-state index contributed by atoms with van der Waals surface area (Å²) in [5, 5.41) is 0. The van der Waals surface area contributed by atoms with Gasteiger partial charge in [-0.05, 0) is 42.5 Å². The lowest BCUT2D eigenvalue weighted by Crippen LogP contribution is -2.44. The molecular formula is C19H27N3O4S. The van der Waals surface area contributed by atoms with Crippen LogP contribution in [0.25, 0.3) is 0 Å². The Balaban J connectivity index is 1.40. The average molecular weight is 394 g/mol. The number of likely N-dealkylation sites (N-methyl/N-ethyl adjacent to an activating group) is 1. The molecule has 0 aromatic heterocycles. The third-order valence-corrected chi connectivity index (χ3v) is 7.85. The summed E-state index contributed by atoms with van der Waals surface area (Å²) in [4.78, 5) is 16.2. The van der Waals surface area contributed by atoms with Crippen molar-refractivity contribution in [1.29, 1.82) is 0 Å². The van der Waals surface area contributed by atoms with Gasteiger partial charge in [-0.3, -0.25) is 9.69 Å². The maximum absolute atomic E-state index is 13.0. The van der Waals surface area contributed by atoms with Gasteiger partial charge >= 0.3 is 0 Å². The van der Waals surface area contributed by atoms with E-state index in [-0.39, 0.29) is 12.3 Å². The largest absolute Gasteiger partial charge is 0.379 e. The molecule has 0 unspecified atom stereocenters. The Morgan fingerprint density at radius 3 is 2.52 bits per heavy atom. The maximum Gasteiger partial charge on any atom is 0.243 e. The first kappa shape index (κ1) is 18.9. The summed E-state index contributed by atoms with van der Waals surface area (Å²) in [5.74, 6) is 0.546. The van der Waals surface area contributed by atoms with Crippen LogP contribution < -0.4 is 4.90 Å². The van der Waals surface area contributed by atoms with Crippen molar-refractivity contribution in [2.24, 2.45) is 5.92 Å². The van der Waals surface area contributed by atoms with E-state index in [1.807, 2.05) is 0 Å². The minimum Gasteiger partial charge on any atom is -0.379 e. The molecule has 8 heteroatoms. The zero-order valence-corrected chi connectivity index (χ0v) is 16.6. The number of amides is 1. The van der Waals surface area contributed by atoms with Crippen LogP contribution >= 0.6 is 0 Å². The van der Waals surface area contributed by atoms with E-state index in [0.29, 0.717) is 23.9 Å². The number of anilines is 1. The molecule has 148 valence electrons. The molecule has 0 N–H and O–H groups in total. The van der Waals surface area contributed by atoms with Crippen molar-refractivity contribution in [3.8, 4) is 0 Å². The van der Waals surface area contributed by atoms with E-state index in [9.17, 15) is 13.2 Å². The quantitative estimate of drug-likeness (QED) is 0.761. The summed E-state index contributed by atoms with van der Waals surface area (Å²) in [7, 11) is -1.78. The van der Waals surface area contributed by atoms with Gasteiger partial charge in [0.1, 0.15) is 0 Å². The fraction of sp³-hybridized carbons (Fsp3) is 0.632. The summed E-state index contributed by atoms with van der Waals surface area (Å²) < 4.78 is 33.1. The van der Waals surface area contributed by atoms with Crippen molar-refractivity contribution >= 4 is 21.6 Å². The van der Waals surface area contributed by atoms with Crippen LogP contribution in [-0.4, -0.2) is 76.5 Å². The van der Waals surface area contributed by atoms with Gasteiger partial charge in [-0.15, -0.1) is 0 Å². The van der Waals surface area contributed by atoms with E-state index in [1.54, 1.807) is 34.5 Å². The van der Waals surface area contributed by atoms with Gasteiger partial charge in [-0.1, -0.05) is 0 Å². The zero-order valence-electron chi connectivity index (χ0n) is 15.8. The predicted molar refractivity (Wildman–Crippen MR) is 102 cm³/mol. The van der Waals surface area contributed by atoms with Gasteiger partial charge in [0.15, 0.2) is 0 Å². The fourth-order valence-corrected chi connectivity index (χ4v) is 5.76. The van der Waals surface area contributed by atoms with Gasteiger partial charge in [0.25, 0.3) is 0 Å². The first-order chi connectivity index (χ1) is 12.9. The van der Waals surface area contributed by atoms with Crippen LogP contribution in [0.15, 0.2) is 23.1 Å². The minimum absolute atomic E-state index is 0.00322. The van der Waals surface area contributed by atoms with Crippen LogP contribution in [0.5, 0.6) is 0 Å². The SMILES string of the molecule is CN1C(=O)Cc2cc(S(=O)(=O)N3CCC(CN4CCOCC4)CC3)ccc21. The lowest BCUT2D eigenvalue weighted by atomic mass is 9.97. The number of piperidine rings is 1. The van der Waals surface area contributed by atoms with E-state index in [0.717, 1.165) is 56.9 Å². The highest BCUT2D eigenvalue weighted by Gasteiger charge is 2.32. The van der Waals surface area contributed by atoms with Crippen LogP contribution in [0, 0.1) is 5.92 Å². The number of hydrogen-bond donors (Lipinski definition) is 0. The standard InChI is InChI=1S/C19H27N3O4S/c1-20-18-3-2-17(12-16(18)13-19(20)23)27(24,25)22-6-4-15(5-7-22)14-21-8-10-26-11-9-21/h2-3,12,15H,4-11,13-14H2,1H3. The van der Waals surface area contributed by atoms with E-state index >= 15 is 0 Å². The van der Waals surface area contributed by atoms with Crippen molar-refractivity contribution < 1.29 is 17.9 Å². The number of sulfonamides is 1. The number of carbonyl (C=O) groups excluding carboxylic acids is 1. The zero-order chi connectivity index (χ0) is 19.0. The van der Waals surface area contributed by atoms with Crippen molar-refractivity contribution in [3.63, 3.8) is 0 Å². The molecule has 0 spiro atoms. The van der Waals surface area contributed by atoms with Crippen molar-refractivity contribution in [2.75, 3.05) is 57.9 Å². The Labute approximate surface area is 160 Å². The number of fused-ring (bicyclic) bond motifs is 1. The molecule has 3 aliphatic heterocycles. The van der Waals surface area contributed by atoms with Gasteiger partial charge in [-0.2, -0.15) is 4.31 Å². The number of ether oxygens (including phenoxy) is 1. The first-order valence-electron chi connectivity index (χ1n) is 9.65. The monoisotopic (exact) mass is 393 g/mol. The second-order valence-corrected chi connectivity index (χ2v) is 9.62. The van der Waals surface area contributed by atoms with Crippen LogP contribution in [0.3, 0.4) is 0 Å². The third-order valence-electron chi connectivity index (χ3n) is 5.96. The molecule has 1 aromatic carbocycles. The molecule has 0 saturated carbocycles. The molecule has 3 aliphatic rings. The molecule has 4 rings (SSSR count). The molecule has 2 saturated heterocycles. The molecule has 0 bridgehead atoms. The summed E-state index contributed by atoms with van der Waals surface area (Å²) >= 11 is 0. The van der Waals surface area contributed by atoms with Gasteiger partial charge in [-0.25, -0.2) is 8.42 Å². The molecule has 0 atom stereocenters. The Morgan fingerprint density at radius 2 is 1.81 bits per heavy atom. The van der Waals surface area contributed by atoms with Crippen molar-refractivity contribution in [2.45, 2.75) is 24.2 Å². The summed E-state index contributed by atoms with van der Waals surface area (Å²) in [6.07, 6.45) is 2.06. The van der Waals surface area contributed by atoms with Crippen LogP contribution in [0.4, 0.5) is 5.69 Å². The number of benzene rings is 1. The minimum atomic E-state index is -3.51. The highest BCUT2D eigenvalue weighted by molar-refractivity contribution is 7.89. The van der Waals surface area contributed by atoms with Gasteiger partial charge in [0.2, 0.25) is 15.9 Å². The normalized spacial score (nSPS) is 23.0. The molecule has 0 aliphatic carbocycles. The molecular weight excluding hydrogens is 366 g/mol. The van der Waals surface area contributed by atoms with Crippen molar-refractivity contribution in [1.82, 2.24) is 9.21 Å². The highest BCUT2D eigenvalue weighted by atomic mass is 32.2. The van der Waals surface area contributed by atoms with Crippen LogP contribution in [0.2, 0.25) is 0 Å². The van der Waals surface area contributed by atoms with Crippen LogP contribution in [-0.2, 0) is 26.0 Å². The molecule has 1 amide bonds. The average Bonchev–Trinajstić information content (AvgIpc) is 2.96. The molecule has 27 heavy (non-hydrogen) atoms. The summed E-state index contributed by atoms with van der Waals surface area (Å²) in [5.41, 5.74) is 1.61. The highest BCUT2D eigenvalue weighted by Crippen LogP contribution is 2.32. The predicted octanol–water partition coefficient (Wildman–Crippen LogP) is 0.938. The van der Waals surface area contributed by atoms with Gasteiger partial charge < -0.3 is 9.64 Å². The number of hydrogen-bond acceptors (Lipinski definition) is 5. The van der Waals surface area contributed by atoms with Gasteiger partial charge in [0.05, 0.1) is 24.5 Å². The second-order valence-electron chi connectivity index (χ2n) is 7.68. The first-order valence-corrected chi connectivity index (χ1v) is 11.1.